The molecule has 0 rings (SSSR count). The molecule has 2 atom stereocenters. The molecule has 0 aliphatic rings. The van der Waals surface area contributed by atoms with E-state index < -0.39 is 12.1 Å². The van der Waals surface area contributed by atoms with E-state index in [4.69, 9.17) is 4.74 Å². The van der Waals surface area contributed by atoms with Gasteiger partial charge in [-0.3, -0.25) is 9.59 Å². The van der Waals surface area contributed by atoms with Gasteiger partial charge in [-0.2, -0.15) is 0 Å². The van der Waals surface area contributed by atoms with E-state index in [1.807, 2.05) is 0 Å². The third kappa shape index (κ3) is 55.7. The predicted molar refractivity (Wildman–Crippen MR) is 306 cm³/mol. The van der Waals surface area contributed by atoms with Gasteiger partial charge in [0.15, 0.2) is 0 Å². The summed E-state index contributed by atoms with van der Waals surface area (Å²) in [6, 6.07) is -0.538. The van der Waals surface area contributed by atoms with Crippen molar-refractivity contribution in [3.63, 3.8) is 0 Å². The van der Waals surface area contributed by atoms with Crippen molar-refractivity contribution in [1.29, 1.82) is 0 Å². The molecular formula is C64H123NO5. The van der Waals surface area contributed by atoms with Gasteiger partial charge < -0.3 is 20.3 Å². The molecule has 0 aliphatic heterocycles. The van der Waals surface area contributed by atoms with Gasteiger partial charge in [0.05, 0.1) is 25.4 Å². The Morgan fingerprint density at radius 3 is 1.01 bits per heavy atom. The van der Waals surface area contributed by atoms with Crippen molar-refractivity contribution in [2.75, 3.05) is 13.2 Å². The number of ether oxygens (including phenoxy) is 1. The molecule has 0 aromatic rings. The number of esters is 1. The fraction of sp³-hybridized carbons (Fsp3) is 0.906. The van der Waals surface area contributed by atoms with Gasteiger partial charge in [-0.25, -0.2) is 0 Å². The molecule has 0 aliphatic carbocycles. The predicted octanol–water partition coefficient (Wildman–Crippen LogP) is 19.8. The summed E-state index contributed by atoms with van der Waals surface area (Å²) in [6.07, 6.45) is 73.5. The molecule has 70 heavy (non-hydrogen) atoms. The lowest BCUT2D eigenvalue weighted by Gasteiger charge is -2.22. The highest BCUT2D eigenvalue weighted by Crippen LogP contribution is 2.17. The summed E-state index contributed by atoms with van der Waals surface area (Å²) in [4.78, 5) is 24.5. The number of amides is 1. The quantitative estimate of drug-likeness (QED) is 0.0321. The first-order valence-electron chi connectivity index (χ1n) is 31.6. The van der Waals surface area contributed by atoms with Crippen LogP contribution in [0.4, 0.5) is 0 Å². The second kappa shape index (κ2) is 59.9. The lowest BCUT2D eigenvalue weighted by atomic mass is 10.0. The van der Waals surface area contributed by atoms with Gasteiger partial charge in [-0.15, -0.1) is 0 Å². The summed E-state index contributed by atoms with van der Waals surface area (Å²) in [6.45, 7) is 4.94. The average molecular weight is 987 g/mol. The van der Waals surface area contributed by atoms with Crippen LogP contribution in [0.1, 0.15) is 348 Å². The van der Waals surface area contributed by atoms with Crippen molar-refractivity contribution in [2.45, 2.75) is 360 Å². The maximum Gasteiger partial charge on any atom is 0.305 e. The highest BCUT2D eigenvalue weighted by atomic mass is 16.5. The van der Waals surface area contributed by atoms with Crippen LogP contribution in [0.2, 0.25) is 0 Å². The van der Waals surface area contributed by atoms with Crippen molar-refractivity contribution in [3.05, 3.63) is 24.3 Å². The Morgan fingerprint density at radius 1 is 0.386 bits per heavy atom. The van der Waals surface area contributed by atoms with E-state index in [-0.39, 0.29) is 18.5 Å². The first-order chi connectivity index (χ1) is 34.5. The molecule has 0 aromatic heterocycles. The summed E-state index contributed by atoms with van der Waals surface area (Å²) in [5.74, 6) is -0.0266. The van der Waals surface area contributed by atoms with Crippen molar-refractivity contribution >= 4 is 11.9 Å². The highest BCUT2D eigenvalue weighted by Gasteiger charge is 2.20. The molecule has 6 nitrogen and oxygen atoms in total. The van der Waals surface area contributed by atoms with E-state index >= 15 is 0 Å². The van der Waals surface area contributed by atoms with Crippen LogP contribution >= 0.6 is 0 Å². The molecule has 0 saturated carbocycles. The zero-order valence-corrected chi connectivity index (χ0v) is 47.3. The minimum absolute atomic E-state index is 0.00809. The summed E-state index contributed by atoms with van der Waals surface area (Å²) in [7, 11) is 0. The molecule has 0 bridgehead atoms. The van der Waals surface area contributed by atoms with E-state index in [2.05, 4.69) is 43.5 Å². The van der Waals surface area contributed by atoms with E-state index in [0.717, 1.165) is 44.9 Å². The van der Waals surface area contributed by atoms with Crippen molar-refractivity contribution in [2.24, 2.45) is 0 Å². The van der Waals surface area contributed by atoms with Crippen molar-refractivity contribution < 1.29 is 24.5 Å². The molecule has 6 heteroatoms. The largest absolute Gasteiger partial charge is 0.466 e. The topological polar surface area (TPSA) is 95.9 Å². The Balaban J connectivity index is 3.34. The number of unbranched alkanes of at least 4 members (excludes halogenated alkanes) is 44. The number of aliphatic hydroxyl groups is 2. The molecule has 0 saturated heterocycles. The molecule has 0 radical (unpaired) electrons. The SMILES string of the molecule is CCCCCCC/C=C\CCCCCCCC(=O)OCCCCCCCCCCCCCC/C=C\CCCCCCCCCCCCCCCC(=O)NC(CO)C(O)CCCCCCCCCCCC. The standard InChI is InChI=1S/C64H123NO5/c1-3-5-7-9-11-13-15-16-35-38-42-46-50-54-58-64(69)70-59-55-51-47-43-39-36-33-31-29-27-25-23-21-19-17-18-20-22-24-26-28-30-32-34-37-41-45-49-53-57-63(68)65-61(60-66)62(67)56-52-48-44-40-14-12-10-8-6-4-2/h15-17,19,61-62,66-67H,3-14,18,20-60H2,1-2H3,(H,65,68)/b16-15-,19-17-. The average Bonchev–Trinajstić information content (AvgIpc) is 3.36. The number of hydrogen-bond donors (Lipinski definition) is 3. The number of carbonyl (C=O) groups excluding carboxylic acids is 2. The van der Waals surface area contributed by atoms with Crippen LogP contribution in [-0.4, -0.2) is 47.4 Å². The monoisotopic (exact) mass is 986 g/mol. The van der Waals surface area contributed by atoms with Gasteiger partial charge >= 0.3 is 5.97 Å². The second-order valence-corrected chi connectivity index (χ2v) is 21.7. The molecule has 0 fully saturated rings. The number of rotatable bonds is 59. The molecular weight excluding hydrogens is 863 g/mol. The van der Waals surface area contributed by atoms with Crippen LogP contribution < -0.4 is 5.32 Å². The molecule has 414 valence electrons. The number of aliphatic hydroxyl groups excluding tert-OH is 2. The molecule has 0 heterocycles. The van der Waals surface area contributed by atoms with Crippen molar-refractivity contribution in [3.8, 4) is 0 Å². The van der Waals surface area contributed by atoms with Crippen LogP contribution in [0, 0.1) is 0 Å². The minimum Gasteiger partial charge on any atom is -0.466 e. The molecule has 0 spiro atoms. The summed E-state index contributed by atoms with van der Waals surface area (Å²) >= 11 is 0. The van der Waals surface area contributed by atoms with Gasteiger partial charge in [-0.05, 0) is 77.0 Å². The van der Waals surface area contributed by atoms with E-state index in [9.17, 15) is 19.8 Å². The molecule has 3 N–H and O–H groups in total. The van der Waals surface area contributed by atoms with Crippen LogP contribution in [0.25, 0.3) is 0 Å². The van der Waals surface area contributed by atoms with Crippen LogP contribution in [0.3, 0.4) is 0 Å². The second-order valence-electron chi connectivity index (χ2n) is 21.7. The molecule has 1 amide bonds. The Hall–Kier alpha value is -1.66. The maximum atomic E-state index is 12.4. The highest BCUT2D eigenvalue weighted by molar-refractivity contribution is 5.76. The number of allylic oxidation sites excluding steroid dienone is 4. The van der Waals surface area contributed by atoms with Gasteiger partial charge in [0, 0.05) is 12.8 Å². The number of hydrogen-bond acceptors (Lipinski definition) is 5. The number of carbonyl (C=O) groups is 2. The van der Waals surface area contributed by atoms with Crippen molar-refractivity contribution in [1.82, 2.24) is 5.32 Å². The Bertz CT molecular complexity index is 1090. The van der Waals surface area contributed by atoms with Gasteiger partial charge in [0.1, 0.15) is 0 Å². The normalized spacial score (nSPS) is 12.7. The van der Waals surface area contributed by atoms with Gasteiger partial charge in [0.25, 0.3) is 0 Å². The van der Waals surface area contributed by atoms with Crippen LogP contribution in [-0.2, 0) is 14.3 Å². The smallest absolute Gasteiger partial charge is 0.305 e. The first-order valence-corrected chi connectivity index (χ1v) is 31.6. The van der Waals surface area contributed by atoms with Gasteiger partial charge in [0.2, 0.25) is 5.91 Å². The lowest BCUT2D eigenvalue weighted by molar-refractivity contribution is -0.143. The first kappa shape index (κ1) is 68.3. The summed E-state index contributed by atoms with van der Waals surface area (Å²) in [5, 5.41) is 23.2. The summed E-state index contributed by atoms with van der Waals surface area (Å²) in [5.41, 5.74) is 0. The van der Waals surface area contributed by atoms with E-state index in [1.165, 1.54) is 270 Å². The fourth-order valence-electron chi connectivity index (χ4n) is 9.87. The molecule has 2 unspecified atom stereocenters. The lowest BCUT2D eigenvalue weighted by Crippen LogP contribution is -2.45. The van der Waals surface area contributed by atoms with Crippen LogP contribution in [0.5, 0.6) is 0 Å². The minimum atomic E-state index is -0.661. The number of nitrogens with one attached hydrogen (secondary N) is 1. The fourth-order valence-corrected chi connectivity index (χ4v) is 9.87. The zero-order chi connectivity index (χ0) is 50.7. The van der Waals surface area contributed by atoms with Gasteiger partial charge in [-0.1, -0.05) is 282 Å². The third-order valence-electron chi connectivity index (χ3n) is 14.7. The van der Waals surface area contributed by atoms with Crippen LogP contribution in [0.15, 0.2) is 24.3 Å². The summed E-state index contributed by atoms with van der Waals surface area (Å²) < 4.78 is 5.48. The molecule has 0 aromatic carbocycles. The Labute approximate surface area is 437 Å². The maximum absolute atomic E-state index is 12.4. The van der Waals surface area contributed by atoms with E-state index in [0.29, 0.717) is 25.9 Å². The Kier molecular flexibility index (Phi) is 58.5. The third-order valence-corrected chi connectivity index (χ3v) is 14.7. The zero-order valence-electron chi connectivity index (χ0n) is 47.3. The Morgan fingerprint density at radius 2 is 0.671 bits per heavy atom. The van der Waals surface area contributed by atoms with E-state index in [1.54, 1.807) is 0 Å².